The number of halogens is 1. The van der Waals surface area contributed by atoms with Crippen molar-refractivity contribution < 1.29 is 9.90 Å². The van der Waals surface area contributed by atoms with Gasteiger partial charge in [-0.05, 0) is 25.0 Å². The van der Waals surface area contributed by atoms with Gasteiger partial charge in [0.15, 0.2) is 5.65 Å². The Hall–Kier alpha value is -2.02. The van der Waals surface area contributed by atoms with E-state index in [-0.39, 0.29) is 11.7 Å². The highest BCUT2D eigenvalue weighted by Crippen LogP contribution is 2.24. The Morgan fingerprint density at radius 1 is 1.40 bits per heavy atom. The Morgan fingerprint density at radius 2 is 2.10 bits per heavy atom. The number of aromatic amines is 1. The molecule has 0 atom stereocenters. The molecular formula is C12H13ClN4O3. The molecule has 0 aliphatic carbocycles. The first-order valence-corrected chi connectivity index (χ1v) is 6.68. The van der Waals surface area contributed by atoms with Crippen molar-refractivity contribution in [3.8, 4) is 0 Å². The molecule has 8 heteroatoms. The van der Waals surface area contributed by atoms with Gasteiger partial charge in [-0.15, -0.1) is 0 Å². The van der Waals surface area contributed by atoms with Gasteiger partial charge in [0.2, 0.25) is 0 Å². The predicted octanol–water partition coefficient (Wildman–Crippen LogP) is 1.69. The van der Waals surface area contributed by atoms with Gasteiger partial charge in [0.1, 0.15) is 5.15 Å². The largest absolute Gasteiger partial charge is 0.465 e. The number of nitrogens with zero attached hydrogens (tertiary/aromatic N) is 3. The third-order valence-corrected chi connectivity index (χ3v) is 3.84. The summed E-state index contributed by atoms with van der Waals surface area (Å²) in [6.07, 6.45) is 0.261. The first kappa shape index (κ1) is 13.0. The van der Waals surface area contributed by atoms with Crippen molar-refractivity contribution in [3.05, 3.63) is 27.8 Å². The van der Waals surface area contributed by atoms with Crippen LogP contribution in [0.15, 0.2) is 16.9 Å². The summed E-state index contributed by atoms with van der Waals surface area (Å²) in [6, 6.07) is 3.28. The SMILES string of the molecule is O=C(O)N1CCC(n2c(=O)[nH]c3ccc(Cl)nc32)CC1. The summed E-state index contributed by atoms with van der Waals surface area (Å²) in [4.78, 5) is 31.2. The van der Waals surface area contributed by atoms with Crippen molar-refractivity contribution in [1.82, 2.24) is 19.4 Å². The van der Waals surface area contributed by atoms with Gasteiger partial charge < -0.3 is 15.0 Å². The van der Waals surface area contributed by atoms with Gasteiger partial charge in [0.25, 0.3) is 0 Å². The molecule has 7 nitrogen and oxygen atoms in total. The lowest BCUT2D eigenvalue weighted by Crippen LogP contribution is -2.39. The molecule has 1 fully saturated rings. The Balaban J connectivity index is 1.95. The second-order valence-electron chi connectivity index (χ2n) is 4.81. The van der Waals surface area contributed by atoms with Crippen LogP contribution in [0.5, 0.6) is 0 Å². The molecule has 1 aliphatic heterocycles. The third kappa shape index (κ3) is 2.14. The zero-order chi connectivity index (χ0) is 14.3. The lowest BCUT2D eigenvalue weighted by Gasteiger charge is -2.30. The molecule has 2 aromatic heterocycles. The zero-order valence-electron chi connectivity index (χ0n) is 10.5. The Labute approximate surface area is 118 Å². The van der Waals surface area contributed by atoms with Gasteiger partial charge in [-0.1, -0.05) is 11.6 Å². The van der Waals surface area contributed by atoms with E-state index < -0.39 is 6.09 Å². The Bertz CT molecular complexity index is 715. The number of likely N-dealkylation sites (tertiary alicyclic amines) is 1. The number of nitrogens with one attached hydrogen (secondary N) is 1. The Kier molecular flexibility index (Phi) is 3.13. The molecule has 0 spiro atoms. The number of imidazole rings is 1. The number of hydrogen-bond donors (Lipinski definition) is 2. The monoisotopic (exact) mass is 296 g/mol. The van der Waals surface area contributed by atoms with Crippen LogP contribution in [-0.2, 0) is 0 Å². The van der Waals surface area contributed by atoms with Crippen molar-refractivity contribution >= 4 is 28.9 Å². The number of carboxylic acid groups (broad SMARTS) is 1. The van der Waals surface area contributed by atoms with Crippen molar-refractivity contribution in [3.63, 3.8) is 0 Å². The summed E-state index contributed by atoms with van der Waals surface area (Å²) in [5.41, 5.74) is 0.930. The van der Waals surface area contributed by atoms with Crippen LogP contribution >= 0.6 is 11.6 Å². The second-order valence-corrected chi connectivity index (χ2v) is 5.19. The van der Waals surface area contributed by atoms with Crippen molar-refractivity contribution in [2.75, 3.05) is 13.1 Å². The van der Waals surface area contributed by atoms with E-state index in [9.17, 15) is 9.59 Å². The number of pyridine rings is 1. The van der Waals surface area contributed by atoms with Crippen LogP contribution in [0.1, 0.15) is 18.9 Å². The molecule has 0 saturated carbocycles. The molecule has 0 aromatic carbocycles. The fraction of sp³-hybridized carbons (Fsp3) is 0.417. The predicted molar refractivity (Wildman–Crippen MR) is 73.2 cm³/mol. The number of amides is 1. The summed E-state index contributed by atoms with van der Waals surface area (Å²) in [6.45, 7) is 0.833. The molecule has 3 heterocycles. The van der Waals surface area contributed by atoms with E-state index in [2.05, 4.69) is 9.97 Å². The number of H-pyrrole nitrogens is 1. The highest BCUT2D eigenvalue weighted by molar-refractivity contribution is 6.29. The summed E-state index contributed by atoms with van der Waals surface area (Å²) in [5, 5.41) is 9.27. The number of aromatic nitrogens is 3. The van der Waals surface area contributed by atoms with Crippen molar-refractivity contribution in [2.24, 2.45) is 0 Å². The number of hydrogen-bond acceptors (Lipinski definition) is 3. The fourth-order valence-electron chi connectivity index (χ4n) is 2.63. The van der Waals surface area contributed by atoms with Gasteiger partial charge in [-0.3, -0.25) is 4.57 Å². The van der Waals surface area contributed by atoms with Crippen LogP contribution in [-0.4, -0.2) is 43.7 Å². The minimum Gasteiger partial charge on any atom is -0.465 e. The number of carbonyl (C=O) groups is 1. The average molecular weight is 297 g/mol. The first-order chi connectivity index (χ1) is 9.56. The fourth-order valence-corrected chi connectivity index (χ4v) is 2.78. The van der Waals surface area contributed by atoms with Crippen LogP contribution in [0.2, 0.25) is 5.15 Å². The Morgan fingerprint density at radius 3 is 2.75 bits per heavy atom. The maximum atomic E-state index is 12.1. The van der Waals surface area contributed by atoms with E-state index in [1.165, 1.54) is 4.90 Å². The summed E-state index contributed by atoms with van der Waals surface area (Å²) in [7, 11) is 0. The molecule has 1 aliphatic rings. The molecule has 20 heavy (non-hydrogen) atoms. The van der Waals surface area contributed by atoms with E-state index in [1.807, 2.05) is 0 Å². The molecular weight excluding hydrogens is 284 g/mol. The highest BCUT2D eigenvalue weighted by Gasteiger charge is 2.26. The maximum absolute atomic E-state index is 12.1. The van der Waals surface area contributed by atoms with Crippen molar-refractivity contribution in [1.29, 1.82) is 0 Å². The van der Waals surface area contributed by atoms with Crippen LogP contribution in [0.3, 0.4) is 0 Å². The number of piperidine rings is 1. The molecule has 106 valence electrons. The van der Waals surface area contributed by atoms with Gasteiger partial charge in [0, 0.05) is 19.1 Å². The molecule has 3 rings (SSSR count). The first-order valence-electron chi connectivity index (χ1n) is 6.31. The number of fused-ring (bicyclic) bond motifs is 1. The van der Waals surface area contributed by atoms with Crippen LogP contribution in [0, 0.1) is 0 Å². The standard InChI is InChI=1S/C12H13ClN4O3/c13-9-2-1-8-10(15-9)17(11(18)14-8)7-3-5-16(6-4-7)12(19)20/h1-2,7H,3-6H2,(H,14,18)(H,19,20). The second kappa shape index (κ2) is 4.82. The van der Waals surface area contributed by atoms with Crippen LogP contribution in [0.4, 0.5) is 4.79 Å². The van der Waals surface area contributed by atoms with E-state index in [0.29, 0.717) is 42.2 Å². The van der Waals surface area contributed by atoms with E-state index in [0.717, 1.165) is 0 Å². The van der Waals surface area contributed by atoms with E-state index in [4.69, 9.17) is 16.7 Å². The minimum absolute atomic E-state index is 0.0576. The topological polar surface area (TPSA) is 91.2 Å². The van der Waals surface area contributed by atoms with Crippen LogP contribution < -0.4 is 5.69 Å². The normalized spacial score (nSPS) is 16.8. The van der Waals surface area contributed by atoms with Gasteiger partial charge in [-0.25, -0.2) is 14.6 Å². The van der Waals surface area contributed by atoms with Crippen molar-refractivity contribution in [2.45, 2.75) is 18.9 Å². The molecule has 2 N–H and O–H groups in total. The third-order valence-electron chi connectivity index (χ3n) is 3.63. The lowest BCUT2D eigenvalue weighted by atomic mass is 10.1. The van der Waals surface area contributed by atoms with Crippen LogP contribution in [0.25, 0.3) is 11.2 Å². The van der Waals surface area contributed by atoms with E-state index in [1.54, 1.807) is 16.7 Å². The van der Waals surface area contributed by atoms with Gasteiger partial charge in [-0.2, -0.15) is 0 Å². The maximum Gasteiger partial charge on any atom is 0.407 e. The summed E-state index contributed by atoms with van der Waals surface area (Å²) >= 11 is 5.88. The lowest BCUT2D eigenvalue weighted by molar-refractivity contribution is 0.125. The zero-order valence-corrected chi connectivity index (χ0v) is 11.3. The summed E-state index contributed by atoms with van der Waals surface area (Å²) < 4.78 is 1.58. The molecule has 0 unspecified atom stereocenters. The quantitative estimate of drug-likeness (QED) is 0.783. The molecule has 1 amide bonds. The van der Waals surface area contributed by atoms with Gasteiger partial charge >= 0.3 is 11.8 Å². The molecule has 2 aromatic rings. The summed E-state index contributed by atoms with van der Waals surface area (Å²) in [5.74, 6) is 0. The van der Waals surface area contributed by atoms with E-state index >= 15 is 0 Å². The molecule has 1 saturated heterocycles. The molecule has 0 radical (unpaired) electrons. The highest BCUT2D eigenvalue weighted by atomic mass is 35.5. The van der Waals surface area contributed by atoms with Gasteiger partial charge in [0.05, 0.1) is 5.52 Å². The number of rotatable bonds is 1. The average Bonchev–Trinajstić information content (AvgIpc) is 2.74. The minimum atomic E-state index is -0.920. The molecule has 0 bridgehead atoms. The smallest absolute Gasteiger partial charge is 0.407 e.